The Kier molecular flexibility index (Phi) is 7.47. The molecule has 2 aliphatic rings. The minimum Gasteiger partial charge on any atom is -0.860 e. The molecule has 0 aromatic carbocycles. The summed E-state index contributed by atoms with van der Waals surface area (Å²) in [5, 5.41) is 16.4. The van der Waals surface area contributed by atoms with Crippen molar-refractivity contribution >= 4 is 17.8 Å². The van der Waals surface area contributed by atoms with Crippen LogP contribution in [-0.4, -0.2) is 54.5 Å². The molecule has 22 heavy (non-hydrogen) atoms. The van der Waals surface area contributed by atoms with Gasteiger partial charge in [0.1, 0.15) is 5.54 Å². The van der Waals surface area contributed by atoms with Crippen LogP contribution in [0, 0.1) is 0 Å². The van der Waals surface area contributed by atoms with E-state index in [0.29, 0.717) is 19.5 Å². The van der Waals surface area contributed by atoms with Crippen molar-refractivity contribution in [3.8, 4) is 0 Å². The molecule has 1 atom stereocenters. The lowest BCUT2D eigenvalue weighted by Gasteiger charge is -2.47. The maximum absolute atomic E-state index is 12.0. The highest BCUT2D eigenvalue weighted by Gasteiger charge is 2.46. The summed E-state index contributed by atoms with van der Waals surface area (Å²) in [6.07, 6.45) is 3.39. The average Bonchev–Trinajstić information content (AvgIpc) is 2.50. The second-order valence-corrected chi connectivity index (χ2v) is 5.54. The Balaban J connectivity index is 0.000000422. The van der Waals surface area contributed by atoms with Crippen molar-refractivity contribution < 1.29 is 20.0 Å². The van der Waals surface area contributed by atoms with Crippen LogP contribution < -0.4 is 15.7 Å². The second-order valence-electron chi connectivity index (χ2n) is 5.54. The maximum Gasteiger partial charge on any atom is 0.346 e. The minimum atomic E-state index is -1.26. The summed E-state index contributed by atoms with van der Waals surface area (Å²) in [6.45, 7) is 9.94. The van der Waals surface area contributed by atoms with E-state index in [9.17, 15) is 14.7 Å². The summed E-state index contributed by atoms with van der Waals surface area (Å²) >= 11 is 0. The number of carbonyl (C=O) groups excluding carboxylic acids is 2. The molecule has 0 spiro atoms. The number of piperidine rings is 1. The number of imide groups is 1. The largest absolute Gasteiger partial charge is 0.860 e. The standard InChI is InChI=1S/C11H17N3O3.C4H11N/c1-2-11(14-6-4-3-5-7-14)8(15)12-10(17)13-9(11)16;1-3-5-4-2/h2-7H2,1H3,(H2,12,13,15,16,17);5H,3-4H2,1-2H3. The third-order valence-corrected chi connectivity index (χ3v) is 4.14. The third-order valence-electron chi connectivity index (χ3n) is 4.14. The number of aliphatic imine (C=N–C) groups is 1. The molecule has 0 bridgehead atoms. The summed E-state index contributed by atoms with van der Waals surface area (Å²) in [7, 11) is 0. The van der Waals surface area contributed by atoms with E-state index < -0.39 is 23.4 Å². The number of nitrogens with one attached hydrogen (secondary N) is 1. The molecule has 2 heterocycles. The van der Waals surface area contributed by atoms with E-state index in [1.165, 1.54) is 13.1 Å². The van der Waals surface area contributed by atoms with Crippen molar-refractivity contribution in [2.75, 3.05) is 26.2 Å². The zero-order valence-corrected chi connectivity index (χ0v) is 13.9. The van der Waals surface area contributed by atoms with E-state index in [1.54, 1.807) is 6.92 Å². The molecule has 0 unspecified atom stereocenters. The smallest absolute Gasteiger partial charge is 0.346 e. The third kappa shape index (κ3) is 4.04. The molecule has 7 nitrogen and oxygen atoms in total. The van der Waals surface area contributed by atoms with E-state index in [-0.39, 0.29) is 0 Å². The van der Waals surface area contributed by atoms with Gasteiger partial charge in [-0.25, -0.2) is 9.79 Å². The van der Waals surface area contributed by atoms with Crippen LogP contribution in [-0.2, 0) is 4.79 Å². The highest BCUT2D eigenvalue weighted by molar-refractivity contribution is 6.19. The predicted molar refractivity (Wildman–Crippen MR) is 82.4 cm³/mol. The molecule has 2 aliphatic heterocycles. The molecule has 1 saturated heterocycles. The Hall–Kier alpha value is -1.47. The van der Waals surface area contributed by atoms with E-state index in [0.717, 1.165) is 19.3 Å². The van der Waals surface area contributed by atoms with Gasteiger partial charge in [0.25, 0.3) is 5.91 Å². The van der Waals surface area contributed by atoms with Gasteiger partial charge >= 0.3 is 6.03 Å². The number of nitrogens with zero attached hydrogens (tertiary/aromatic N) is 2. The molecule has 2 rings (SSSR count). The topological polar surface area (TPSA) is 101 Å². The fourth-order valence-electron chi connectivity index (χ4n) is 2.89. The zero-order valence-electron chi connectivity index (χ0n) is 13.9. The van der Waals surface area contributed by atoms with Gasteiger partial charge in [0.05, 0.1) is 13.1 Å². The first-order valence-electron chi connectivity index (χ1n) is 8.21. The van der Waals surface area contributed by atoms with Crippen LogP contribution >= 0.6 is 0 Å². The summed E-state index contributed by atoms with van der Waals surface area (Å²) < 4.78 is 0. The molecule has 0 radical (unpaired) electrons. The second kappa shape index (κ2) is 8.85. The van der Waals surface area contributed by atoms with Crippen LogP contribution in [0.3, 0.4) is 0 Å². The van der Waals surface area contributed by atoms with Gasteiger partial charge in [-0.2, -0.15) is 0 Å². The lowest BCUT2D eigenvalue weighted by Crippen LogP contribution is -2.82. The van der Waals surface area contributed by atoms with Crippen LogP contribution in [0.15, 0.2) is 4.99 Å². The molecule has 0 aliphatic carbocycles. The Bertz CT molecular complexity index is 417. The van der Waals surface area contributed by atoms with Gasteiger partial charge in [-0.1, -0.05) is 13.3 Å². The number of amides is 3. The Morgan fingerprint density at radius 3 is 2.18 bits per heavy atom. The first-order chi connectivity index (χ1) is 10.5. The van der Waals surface area contributed by atoms with Crippen molar-refractivity contribution in [1.29, 1.82) is 0 Å². The van der Waals surface area contributed by atoms with Gasteiger partial charge in [0, 0.05) is 0 Å². The highest BCUT2D eigenvalue weighted by atomic mass is 16.3. The maximum atomic E-state index is 12.0. The van der Waals surface area contributed by atoms with Gasteiger partial charge in [-0.3, -0.25) is 15.0 Å². The van der Waals surface area contributed by atoms with E-state index in [2.05, 4.69) is 29.5 Å². The van der Waals surface area contributed by atoms with Gasteiger partial charge in [-0.05, 0) is 52.1 Å². The number of rotatable bonds is 4. The first kappa shape index (κ1) is 18.6. The normalized spacial score (nSPS) is 25.9. The molecule has 0 aromatic rings. The quantitative estimate of drug-likeness (QED) is 0.711. The van der Waals surface area contributed by atoms with Gasteiger partial charge in [-0.15, -0.1) is 0 Å². The van der Waals surface area contributed by atoms with Crippen molar-refractivity contribution in [2.45, 2.75) is 52.0 Å². The number of hydrogen-bond acceptors (Lipinski definition) is 4. The molecule has 0 aromatic heterocycles. The summed E-state index contributed by atoms with van der Waals surface area (Å²) in [4.78, 5) is 28.3. The Labute approximate surface area is 132 Å². The molecular formula is C15H28N4O3. The molecular weight excluding hydrogens is 284 g/mol. The summed E-state index contributed by atoms with van der Waals surface area (Å²) in [5.41, 5.74) is -1.26. The molecule has 126 valence electrons. The van der Waals surface area contributed by atoms with Crippen LogP contribution in [0.2, 0.25) is 0 Å². The minimum absolute atomic E-state index is 0.342. The number of carbonyl (C=O) groups is 2. The van der Waals surface area contributed by atoms with Crippen LogP contribution in [0.25, 0.3) is 0 Å². The predicted octanol–water partition coefficient (Wildman–Crippen LogP) is -0.781. The summed E-state index contributed by atoms with van der Waals surface area (Å²) in [6, 6.07) is -0.846. The first-order valence-corrected chi connectivity index (χ1v) is 8.21. The number of hydrogen-bond donors (Lipinski definition) is 2. The van der Waals surface area contributed by atoms with Gasteiger partial charge < -0.3 is 10.4 Å². The number of urea groups is 1. The SMILES string of the molecule is CC[C@]1(N2CCCCC2)C(=O)NC(=O)N=C1[O-].CC[NH2+]CC. The van der Waals surface area contributed by atoms with Crippen LogP contribution in [0.4, 0.5) is 4.79 Å². The van der Waals surface area contributed by atoms with Gasteiger partial charge in [0.15, 0.2) is 0 Å². The fourth-order valence-corrected chi connectivity index (χ4v) is 2.89. The average molecular weight is 312 g/mol. The number of quaternary nitrogens is 1. The lowest BCUT2D eigenvalue weighted by molar-refractivity contribution is -0.648. The van der Waals surface area contributed by atoms with Crippen molar-refractivity contribution in [1.82, 2.24) is 10.2 Å². The van der Waals surface area contributed by atoms with E-state index in [4.69, 9.17) is 0 Å². The zero-order chi connectivity index (χ0) is 16.6. The Morgan fingerprint density at radius 1 is 1.18 bits per heavy atom. The Morgan fingerprint density at radius 2 is 1.77 bits per heavy atom. The van der Waals surface area contributed by atoms with Crippen LogP contribution in [0.1, 0.15) is 46.5 Å². The van der Waals surface area contributed by atoms with Crippen molar-refractivity contribution in [3.63, 3.8) is 0 Å². The van der Waals surface area contributed by atoms with Crippen molar-refractivity contribution in [3.05, 3.63) is 0 Å². The number of nitrogens with two attached hydrogens (primary N) is 1. The van der Waals surface area contributed by atoms with Gasteiger partial charge in [0.2, 0.25) is 0 Å². The molecule has 3 N–H and O–H groups in total. The number of likely N-dealkylation sites (tertiary alicyclic amines) is 1. The van der Waals surface area contributed by atoms with E-state index in [1.807, 2.05) is 4.90 Å². The van der Waals surface area contributed by atoms with Crippen LogP contribution in [0.5, 0.6) is 0 Å². The molecule has 0 saturated carbocycles. The monoisotopic (exact) mass is 312 g/mol. The molecule has 1 fully saturated rings. The van der Waals surface area contributed by atoms with Crippen molar-refractivity contribution in [2.24, 2.45) is 4.99 Å². The molecule has 7 heteroatoms. The highest BCUT2D eigenvalue weighted by Crippen LogP contribution is 2.26. The fraction of sp³-hybridized carbons (Fsp3) is 0.800. The van der Waals surface area contributed by atoms with E-state index >= 15 is 0 Å². The molecule has 3 amide bonds. The summed E-state index contributed by atoms with van der Waals surface area (Å²) in [5.74, 6) is -1.14. The lowest BCUT2D eigenvalue weighted by atomic mass is 9.89.